The number of carboxylic acids is 1. The van der Waals surface area contributed by atoms with Crippen molar-refractivity contribution in [3.8, 4) is 22.3 Å². The summed E-state index contributed by atoms with van der Waals surface area (Å²) in [4.78, 5) is 21.9. The number of aliphatic carboxylic acids is 1. The minimum Gasteiger partial charge on any atom is -0.479 e. The number of halogens is 2. The summed E-state index contributed by atoms with van der Waals surface area (Å²) in [5, 5.41) is 29.7. The lowest BCUT2D eigenvalue weighted by Gasteiger charge is -2.30. The molecule has 0 aliphatic carbocycles. The molecule has 59 heavy (non-hydrogen) atoms. The van der Waals surface area contributed by atoms with E-state index in [0.717, 1.165) is 72.1 Å². The second-order valence-electron chi connectivity index (χ2n) is 16.6. The van der Waals surface area contributed by atoms with Crippen LogP contribution in [0.15, 0.2) is 84.9 Å². The summed E-state index contributed by atoms with van der Waals surface area (Å²) in [6, 6.07) is 27.3. The van der Waals surface area contributed by atoms with Crippen LogP contribution in [0, 0.1) is 13.8 Å². The zero-order valence-corrected chi connectivity index (χ0v) is 37.1. The van der Waals surface area contributed by atoms with E-state index >= 15 is 0 Å². The van der Waals surface area contributed by atoms with Gasteiger partial charge < -0.3 is 30.3 Å². The van der Waals surface area contributed by atoms with Gasteiger partial charge in [-0.05, 0) is 157 Å². The van der Waals surface area contributed by atoms with E-state index in [1.807, 2.05) is 123 Å². The van der Waals surface area contributed by atoms with Crippen molar-refractivity contribution in [1.29, 1.82) is 0 Å². The van der Waals surface area contributed by atoms with Crippen molar-refractivity contribution in [3.05, 3.63) is 129 Å². The summed E-state index contributed by atoms with van der Waals surface area (Å²) in [5.41, 5.74) is 9.84. The van der Waals surface area contributed by atoms with E-state index in [2.05, 4.69) is 29.7 Å². The van der Waals surface area contributed by atoms with Crippen LogP contribution in [0.25, 0.3) is 44.1 Å². The Morgan fingerprint density at radius 2 is 1.07 bits per heavy atom. The van der Waals surface area contributed by atoms with E-state index in [-0.39, 0.29) is 12.2 Å². The highest BCUT2D eigenvalue weighted by molar-refractivity contribution is 6.31. The average molecular weight is 840 g/mol. The zero-order chi connectivity index (χ0) is 43.2. The Morgan fingerprint density at radius 3 is 1.44 bits per heavy atom. The lowest BCUT2D eigenvalue weighted by Crippen LogP contribution is -2.28. The molecular formula is C48H56Cl2N4O5. The summed E-state index contributed by atoms with van der Waals surface area (Å²) < 4.78 is 12.3. The van der Waals surface area contributed by atoms with Crippen molar-refractivity contribution in [2.45, 2.75) is 91.9 Å². The molecule has 0 radical (unpaired) electrons. The number of carbonyl (C=O) groups is 1. The fourth-order valence-electron chi connectivity index (χ4n) is 7.29. The highest BCUT2D eigenvalue weighted by Gasteiger charge is 2.32. The molecule has 0 bridgehead atoms. The average Bonchev–Trinajstić information content (AvgIpc) is 3.15. The minimum absolute atomic E-state index is 0.102. The van der Waals surface area contributed by atoms with Gasteiger partial charge in [0.1, 0.15) is 6.10 Å². The smallest absolute Gasteiger partial charge is 0.337 e. The van der Waals surface area contributed by atoms with Crippen LogP contribution in [0.5, 0.6) is 0 Å². The number of aryl methyl sites for hydroxylation is 2. The molecule has 0 aliphatic heterocycles. The molecule has 6 rings (SSSR count). The second kappa shape index (κ2) is 19.3. The number of hydrogen-bond acceptors (Lipinski definition) is 8. The van der Waals surface area contributed by atoms with Crippen LogP contribution in [0.1, 0.15) is 87.4 Å². The highest BCUT2D eigenvalue weighted by atomic mass is 35.5. The predicted molar refractivity (Wildman–Crippen MR) is 241 cm³/mol. The highest BCUT2D eigenvalue weighted by Crippen LogP contribution is 2.42. The number of ether oxygens (including phenoxy) is 2. The van der Waals surface area contributed by atoms with Crippen LogP contribution in [0.3, 0.4) is 0 Å². The number of fused-ring (bicyclic) bond motifs is 2. The van der Waals surface area contributed by atoms with Crippen LogP contribution in [0.4, 0.5) is 0 Å². The van der Waals surface area contributed by atoms with Crippen LogP contribution in [0.2, 0.25) is 10.0 Å². The molecule has 0 saturated heterocycles. The van der Waals surface area contributed by atoms with Gasteiger partial charge in [-0.2, -0.15) is 0 Å². The lowest BCUT2D eigenvalue weighted by molar-refractivity contribution is -0.160. The number of pyridine rings is 2. The van der Waals surface area contributed by atoms with Gasteiger partial charge in [0.15, 0.2) is 6.10 Å². The van der Waals surface area contributed by atoms with E-state index in [1.54, 1.807) is 12.1 Å². The number of aliphatic hydroxyl groups excluding tert-OH is 1. The lowest BCUT2D eigenvalue weighted by atomic mass is 9.88. The summed E-state index contributed by atoms with van der Waals surface area (Å²) in [7, 11) is 3.79. The fraction of sp³-hybridized carbons (Fsp3) is 0.354. The van der Waals surface area contributed by atoms with E-state index in [4.69, 9.17) is 42.6 Å². The minimum atomic E-state index is -1.11. The van der Waals surface area contributed by atoms with Crippen LogP contribution < -0.4 is 10.6 Å². The molecule has 2 atom stereocenters. The summed E-state index contributed by atoms with van der Waals surface area (Å²) in [6.45, 7) is 16.8. The zero-order valence-electron chi connectivity index (χ0n) is 35.6. The first-order valence-electron chi connectivity index (χ1n) is 19.7. The molecule has 0 spiro atoms. The first-order valence-corrected chi connectivity index (χ1v) is 20.5. The Labute approximate surface area is 358 Å². The summed E-state index contributed by atoms with van der Waals surface area (Å²) in [6.07, 6.45) is -1.56. The molecule has 0 saturated carbocycles. The van der Waals surface area contributed by atoms with E-state index in [9.17, 15) is 15.0 Å². The number of hydrogen-bond donors (Lipinski definition) is 4. The number of nitrogens with zero attached hydrogens (tertiary/aromatic N) is 2. The van der Waals surface area contributed by atoms with Crippen LogP contribution in [-0.4, -0.2) is 58.1 Å². The molecule has 2 heterocycles. The van der Waals surface area contributed by atoms with Crippen molar-refractivity contribution in [3.63, 3.8) is 0 Å². The summed E-state index contributed by atoms with van der Waals surface area (Å²) in [5.74, 6) is -1.03. The third-order valence-corrected chi connectivity index (χ3v) is 10.0. The fourth-order valence-corrected chi connectivity index (χ4v) is 7.55. The Kier molecular flexibility index (Phi) is 14.9. The molecule has 9 nitrogen and oxygen atoms in total. The third kappa shape index (κ3) is 11.4. The van der Waals surface area contributed by atoms with Gasteiger partial charge in [-0.3, -0.25) is 9.97 Å². The Morgan fingerprint density at radius 1 is 0.661 bits per heavy atom. The van der Waals surface area contributed by atoms with Crippen molar-refractivity contribution < 1.29 is 24.5 Å². The normalized spacial score (nSPS) is 13.0. The van der Waals surface area contributed by atoms with Crippen molar-refractivity contribution in [2.75, 3.05) is 20.7 Å². The van der Waals surface area contributed by atoms with E-state index in [0.29, 0.717) is 28.7 Å². The van der Waals surface area contributed by atoms with Gasteiger partial charge >= 0.3 is 5.97 Å². The number of rotatable bonds is 12. The van der Waals surface area contributed by atoms with Crippen molar-refractivity contribution in [1.82, 2.24) is 20.6 Å². The van der Waals surface area contributed by atoms with Gasteiger partial charge in [0.25, 0.3) is 0 Å². The van der Waals surface area contributed by atoms with E-state index < -0.39 is 23.8 Å². The Hall–Kier alpha value is -4.45. The quantitative estimate of drug-likeness (QED) is 0.0953. The topological polar surface area (TPSA) is 126 Å². The van der Waals surface area contributed by atoms with Gasteiger partial charge in [-0.15, -0.1) is 0 Å². The van der Waals surface area contributed by atoms with Gasteiger partial charge in [0, 0.05) is 39.5 Å². The van der Waals surface area contributed by atoms with E-state index in [1.165, 1.54) is 0 Å². The number of benzene rings is 4. The Bertz CT molecular complexity index is 2410. The molecule has 0 fully saturated rings. The van der Waals surface area contributed by atoms with Crippen molar-refractivity contribution >= 4 is 51.0 Å². The predicted octanol–water partition coefficient (Wildman–Crippen LogP) is 11.0. The number of carboxylic acid groups (broad SMARTS) is 1. The number of aromatic nitrogens is 2. The molecule has 4 N–H and O–H groups in total. The molecule has 6 aromatic rings. The standard InChI is InChI=1S/C24H27ClN2O3.C24H29ClN2O2/c1-14-12-19-18(11-10-17(27-19)13-26-5)21(15-6-8-16(25)9-7-15)20(14)22(23(28)29)30-24(2,3)4;1-15-12-20-19(11-10-18(27-20)13-26-5)23(16-6-8-17(25)9-7-16)22(15)21(14-28)29-24(2,3)4/h6-12,22,26H,13H2,1-5H3,(H,28,29);6-12,21,26,28H,13-14H2,1-5H3/t22-;21-/m01/s1. The third-order valence-electron chi connectivity index (χ3n) is 9.52. The molecule has 11 heteroatoms. The molecule has 4 aromatic carbocycles. The largest absolute Gasteiger partial charge is 0.479 e. The van der Waals surface area contributed by atoms with Crippen LogP contribution in [-0.2, 0) is 27.4 Å². The van der Waals surface area contributed by atoms with Gasteiger partial charge in [0.2, 0.25) is 0 Å². The first-order chi connectivity index (χ1) is 27.8. The summed E-state index contributed by atoms with van der Waals surface area (Å²) >= 11 is 12.2. The van der Waals surface area contributed by atoms with Crippen molar-refractivity contribution in [2.24, 2.45) is 0 Å². The maximum atomic E-state index is 12.3. The SMILES string of the molecule is CNCc1ccc2c(-c3ccc(Cl)cc3)c([C@@H](CO)OC(C)(C)C)c(C)cc2n1.CNCc1ccc2c(-c3ccc(Cl)cc3)c([C@H](OC(C)(C)C)C(=O)O)c(C)cc2n1. The maximum Gasteiger partial charge on any atom is 0.337 e. The molecule has 0 unspecified atom stereocenters. The van der Waals surface area contributed by atoms with Gasteiger partial charge in [-0.25, -0.2) is 4.79 Å². The maximum absolute atomic E-state index is 12.3. The molecule has 2 aromatic heterocycles. The molecule has 312 valence electrons. The monoisotopic (exact) mass is 838 g/mol. The second-order valence-corrected chi connectivity index (χ2v) is 17.5. The molecule has 0 aliphatic rings. The first kappa shape index (κ1) is 45.6. The van der Waals surface area contributed by atoms with Gasteiger partial charge in [-0.1, -0.05) is 59.6 Å². The molecule has 0 amide bonds. The number of nitrogens with one attached hydrogen (secondary N) is 2. The van der Waals surface area contributed by atoms with Crippen LogP contribution >= 0.6 is 23.2 Å². The molecular weight excluding hydrogens is 783 g/mol. The Balaban J connectivity index is 0.000000224. The van der Waals surface area contributed by atoms with Gasteiger partial charge in [0.05, 0.1) is 40.2 Å². The number of aliphatic hydroxyl groups is 1.